The summed E-state index contributed by atoms with van der Waals surface area (Å²) in [5.74, 6) is -0.969. The van der Waals surface area contributed by atoms with Crippen LogP contribution in [0.15, 0.2) is 41.3 Å². The lowest BCUT2D eigenvalue weighted by molar-refractivity contribution is -0.120. The van der Waals surface area contributed by atoms with Gasteiger partial charge in [0.2, 0.25) is 11.8 Å². The molecule has 1 atom stereocenters. The summed E-state index contributed by atoms with van der Waals surface area (Å²) < 4.78 is 38.8. The Morgan fingerprint density at radius 3 is 2.58 bits per heavy atom. The topological polar surface area (TPSA) is 83.6 Å². The number of sulfone groups is 1. The zero-order chi connectivity index (χ0) is 22.3. The summed E-state index contributed by atoms with van der Waals surface area (Å²) in [6.07, 6.45) is 2.24. The molecule has 4 rings (SSSR count). The summed E-state index contributed by atoms with van der Waals surface area (Å²) in [5, 5.41) is 2.63. The van der Waals surface area contributed by atoms with Gasteiger partial charge in [0.25, 0.3) is 0 Å². The van der Waals surface area contributed by atoms with Crippen LogP contribution >= 0.6 is 0 Å². The van der Waals surface area contributed by atoms with Crippen molar-refractivity contribution in [2.75, 3.05) is 16.0 Å². The lowest BCUT2D eigenvalue weighted by atomic mass is 10.1. The Bertz CT molecular complexity index is 1160. The molecule has 2 aromatic rings. The van der Waals surface area contributed by atoms with Crippen LogP contribution in [0.4, 0.5) is 15.8 Å². The fourth-order valence-corrected chi connectivity index (χ4v) is 5.28. The van der Waals surface area contributed by atoms with E-state index >= 15 is 0 Å². The van der Waals surface area contributed by atoms with Gasteiger partial charge < -0.3 is 10.2 Å². The van der Waals surface area contributed by atoms with Crippen molar-refractivity contribution in [3.63, 3.8) is 0 Å². The molecule has 1 aliphatic carbocycles. The molecule has 0 spiro atoms. The van der Waals surface area contributed by atoms with Crippen molar-refractivity contribution in [3.8, 4) is 0 Å². The average Bonchev–Trinajstić information content (AvgIpc) is 3.50. The minimum Gasteiger partial charge on any atom is -0.326 e. The molecule has 6 nitrogen and oxygen atoms in total. The number of hydrogen-bond donors (Lipinski definition) is 1. The monoisotopic (exact) mass is 444 g/mol. The molecular weight excluding hydrogens is 419 g/mol. The molecule has 164 valence electrons. The number of nitrogens with zero attached hydrogens (tertiary/aromatic N) is 1. The first kappa shape index (κ1) is 21.5. The number of aryl methyl sites for hydroxylation is 1. The van der Waals surface area contributed by atoms with Crippen molar-refractivity contribution in [1.29, 1.82) is 0 Å². The van der Waals surface area contributed by atoms with Gasteiger partial charge in [-0.05, 0) is 80.6 Å². The van der Waals surface area contributed by atoms with Crippen molar-refractivity contribution in [1.82, 2.24) is 0 Å². The summed E-state index contributed by atoms with van der Waals surface area (Å²) in [7, 11) is -3.67. The number of rotatable bonds is 6. The number of anilines is 2. The largest absolute Gasteiger partial charge is 0.326 e. The van der Waals surface area contributed by atoms with Gasteiger partial charge in [-0.15, -0.1) is 0 Å². The Morgan fingerprint density at radius 2 is 1.90 bits per heavy atom. The summed E-state index contributed by atoms with van der Waals surface area (Å²) >= 11 is 0. The predicted octanol–water partition coefficient (Wildman–Crippen LogP) is 3.62. The van der Waals surface area contributed by atoms with E-state index in [2.05, 4.69) is 5.32 Å². The van der Waals surface area contributed by atoms with Gasteiger partial charge in [0.05, 0.1) is 10.6 Å². The maximum Gasteiger partial charge on any atom is 0.230 e. The van der Waals surface area contributed by atoms with Crippen molar-refractivity contribution in [2.45, 2.75) is 50.5 Å². The van der Waals surface area contributed by atoms with Gasteiger partial charge in [-0.3, -0.25) is 9.59 Å². The summed E-state index contributed by atoms with van der Waals surface area (Å²) in [4.78, 5) is 26.8. The Labute approximate surface area is 181 Å². The second kappa shape index (κ2) is 8.07. The number of carbonyl (C=O) groups is 2. The van der Waals surface area contributed by atoms with E-state index in [1.54, 1.807) is 24.0 Å². The van der Waals surface area contributed by atoms with Crippen LogP contribution in [-0.2, 0) is 25.8 Å². The van der Waals surface area contributed by atoms with Crippen molar-refractivity contribution < 1.29 is 22.4 Å². The molecule has 31 heavy (non-hydrogen) atoms. The molecule has 8 heteroatoms. The Hall–Kier alpha value is -2.74. The second-order valence-electron chi connectivity index (χ2n) is 8.40. The fraction of sp³-hybridized carbons (Fsp3) is 0.391. The van der Waals surface area contributed by atoms with Crippen LogP contribution in [0.5, 0.6) is 0 Å². The molecule has 1 N–H and O–H groups in total. The van der Waals surface area contributed by atoms with Gasteiger partial charge >= 0.3 is 0 Å². The van der Waals surface area contributed by atoms with Crippen LogP contribution in [0.2, 0.25) is 0 Å². The lowest BCUT2D eigenvalue weighted by Gasteiger charge is -2.22. The molecule has 1 fully saturated rings. The SMILES string of the molecule is Cc1cc(F)ccc1NC(=O)CCS(=O)(=O)c1ccc2c(c1)CC(C)N2C(=O)C1CC1. The van der Waals surface area contributed by atoms with Crippen molar-refractivity contribution >= 4 is 33.0 Å². The Balaban J connectivity index is 1.44. The molecule has 0 aromatic heterocycles. The third-order valence-corrected chi connectivity index (χ3v) is 7.56. The van der Waals surface area contributed by atoms with Crippen molar-refractivity contribution in [3.05, 3.63) is 53.3 Å². The van der Waals surface area contributed by atoms with Crippen LogP contribution in [-0.4, -0.2) is 32.0 Å². The highest BCUT2D eigenvalue weighted by Crippen LogP contribution is 2.39. The van der Waals surface area contributed by atoms with Crippen LogP contribution in [0.1, 0.15) is 37.3 Å². The first-order valence-electron chi connectivity index (χ1n) is 10.4. The molecular formula is C23H25FN2O4S. The highest BCUT2D eigenvalue weighted by molar-refractivity contribution is 7.91. The molecule has 0 radical (unpaired) electrons. The van der Waals surface area contributed by atoms with Gasteiger partial charge in [-0.2, -0.15) is 0 Å². The second-order valence-corrected chi connectivity index (χ2v) is 10.5. The molecule has 1 aliphatic heterocycles. The van der Waals surface area contributed by atoms with Gasteiger partial charge in [0, 0.05) is 29.8 Å². The maximum atomic E-state index is 13.2. The highest BCUT2D eigenvalue weighted by Gasteiger charge is 2.39. The normalized spacial score (nSPS) is 18.0. The average molecular weight is 445 g/mol. The van der Waals surface area contributed by atoms with Gasteiger partial charge in [-0.1, -0.05) is 0 Å². The molecule has 2 aliphatic rings. The molecule has 2 aromatic carbocycles. The van der Waals surface area contributed by atoms with Gasteiger partial charge in [0.1, 0.15) is 5.82 Å². The maximum absolute atomic E-state index is 13.2. The standard InChI is InChI=1S/C23H25FN2O4S/c1-14-11-18(24)5-7-20(14)25-22(27)9-10-31(29,30)19-6-8-21-17(13-19)12-15(2)26(21)23(28)16-3-4-16/h5-8,11,13,15-16H,3-4,9-10,12H2,1-2H3,(H,25,27). The zero-order valence-electron chi connectivity index (χ0n) is 17.5. The van der Waals surface area contributed by atoms with E-state index in [4.69, 9.17) is 0 Å². The Kier molecular flexibility index (Phi) is 5.60. The van der Waals surface area contributed by atoms with E-state index in [9.17, 15) is 22.4 Å². The minimum absolute atomic E-state index is 0.00535. The third-order valence-electron chi connectivity index (χ3n) is 5.85. The minimum atomic E-state index is -3.67. The van der Waals surface area contributed by atoms with Crippen molar-refractivity contribution in [2.24, 2.45) is 5.92 Å². The summed E-state index contributed by atoms with van der Waals surface area (Å²) in [6.45, 7) is 3.63. The zero-order valence-corrected chi connectivity index (χ0v) is 18.3. The van der Waals surface area contributed by atoms with Crippen LogP contribution < -0.4 is 10.2 Å². The van der Waals surface area contributed by atoms with E-state index in [1.165, 1.54) is 24.3 Å². The molecule has 0 bridgehead atoms. The molecule has 1 saturated carbocycles. The van der Waals surface area contributed by atoms with Crippen LogP contribution in [0.25, 0.3) is 0 Å². The molecule has 1 heterocycles. The van der Waals surface area contributed by atoms with E-state index in [1.807, 2.05) is 6.92 Å². The predicted molar refractivity (Wildman–Crippen MR) is 116 cm³/mol. The fourth-order valence-electron chi connectivity index (χ4n) is 3.99. The van der Waals surface area contributed by atoms with E-state index in [0.29, 0.717) is 17.7 Å². The summed E-state index contributed by atoms with van der Waals surface area (Å²) in [6, 6.07) is 8.84. The number of hydrogen-bond acceptors (Lipinski definition) is 4. The number of fused-ring (bicyclic) bond motifs is 1. The molecule has 1 unspecified atom stereocenters. The quantitative estimate of drug-likeness (QED) is 0.738. The van der Waals surface area contributed by atoms with E-state index < -0.39 is 21.6 Å². The molecule has 0 saturated heterocycles. The number of amides is 2. The highest BCUT2D eigenvalue weighted by atomic mass is 32.2. The van der Waals surface area contributed by atoms with Gasteiger partial charge in [-0.25, -0.2) is 12.8 Å². The van der Waals surface area contributed by atoms with Crippen LogP contribution in [0, 0.1) is 18.7 Å². The Morgan fingerprint density at radius 1 is 1.16 bits per heavy atom. The number of nitrogens with one attached hydrogen (secondary N) is 1. The molecule has 2 amide bonds. The number of benzene rings is 2. The number of halogens is 1. The first-order valence-corrected chi connectivity index (χ1v) is 12.1. The smallest absolute Gasteiger partial charge is 0.230 e. The van der Waals surface area contributed by atoms with E-state index in [-0.39, 0.29) is 34.9 Å². The third kappa shape index (κ3) is 4.49. The lowest BCUT2D eigenvalue weighted by Crippen LogP contribution is -2.36. The van der Waals surface area contributed by atoms with Gasteiger partial charge in [0.15, 0.2) is 9.84 Å². The number of carbonyl (C=O) groups excluding carboxylic acids is 2. The van der Waals surface area contributed by atoms with E-state index in [0.717, 1.165) is 24.1 Å². The first-order chi connectivity index (χ1) is 14.7. The van der Waals surface area contributed by atoms with Crippen LogP contribution in [0.3, 0.4) is 0 Å². The summed E-state index contributed by atoms with van der Waals surface area (Å²) in [5.41, 5.74) is 2.65.